The van der Waals surface area contributed by atoms with Crippen LogP contribution in [0, 0.1) is 0 Å². The van der Waals surface area contributed by atoms with Gasteiger partial charge in [-0.3, -0.25) is 4.90 Å². The number of nitrogens with zero attached hydrogens (tertiary/aromatic N) is 1. The maximum absolute atomic E-state index is 10.5. The number of nitrogens with two attached hydrogens (primary N) is 1. The molecule has 0 amide bonds. The number of morpholine rings is 1. The maximum atomic E-state index is 10.5. The van der Waals surface area contributed by atoms with Crippen molar-refractivity contribution < 1.29 is 9.84 Å². The number of benzene rings is 1. The van der Waals surface area contributed by atoms with Crippen molar-refractivity contribution in [3.63, 3.8) is 0 Å². The largest absolute Gasteiger partial charge is 0.389 e. The molecule has 0 spiro atoms. The summed E-state index contributed by atoms with van der Waals surface area (Å²) < 4.78 is 5.69. The molecule has 4 nitrogen and oxygen atoms in total. The Morgan fingerprint density at radius 2 is 2.14 bits per heavy atom. The highest BCUT2D eigenvalue weighted by molar-refractivity contribution is 7.80. The standard InChI is InChI=1S/C16H24N2O2S/c1-3-14-10-20-11(2)8-18(14)9-15(19)12-4-6-13(7-5-12)16(17)21/h4-7,11,14-15,19H,3,8-10H2,1-2H3,(H2,17,21). The van der Waals surface area contributed by atoms with Gasteiger partial charge in [0.05, 0.1) is 18.8 Å². The fraction of sp³-hybridized carbons (Fsp3) is 0.562. The van der Waals surface area contributed by atoms with E-state index in [2.05, 4.69) is 18.7 Å². The van der Waals surface area contributed by atoms with Crippen molar-refractivity contribution in [1.82, 2.24) is 4.90 Å². The molecular formula is C16H24N2O2S. The van der Waals surface area contributed by atoms with Gasteiger partial charge in [0, 0.05) is 24.7 Å². The third-order valence-electron chi connectivity index (χ3n) is 4.04. The fourth-order valence-corrected chi connectivity index (χ4v) is 2.85. The molecule has 3 N–H and O–H groups in total. The molecule has 0 saturated carbocycles. The van der Waals surface area contributed by atoms with Crippen molar-refractivity contribution in [2.24, 2.45) is 5.73 Å². The summed E-state index contributed by atoms with van der Waals surface area (Å²) >= 11 is 4.94. The Morgan fingerprint density at radius 1 is 1.48 bits per heavy atom. The summed E-state index contributed by atoms with van der Waals surface area (Å²) in [6, 6.07) is 7.89. The van der Waals surface area contributed by atoms with Gasteiger partial charge in [-0.25, -0.2) is 0 Å². The van der Waals surface area contributed by atoms with Crippen LogP contribution in [0.4, 0.5) is 0 Å². The fourth-order valence-electron chi connectivity index (χ4n) is 2.71. The molecule has 1 aromatic carbocycles. The lowest BCUT2D eigenvalue weighted by Crippen LogP contribution is -2.49. The quantitative estimate of drug-likeness (QED) is 0.813. The van der Waals surface area contributed by atoms with Gasteiger partial charge in [0.15, 0.2) is 0 Å². The van der Waals surface area contributed by atoms with E-state index in [9.17, 15) is 5.11 Å². The molecule has 21 heavy (non-hydrogen) atoms. The molecule has 1 aliphatic rings. The minimum Gasteiger partial charge on any atom is -0.389 e. The zero-order valence-electron chi connectivity index (χ0n) is 12.7. The highest BCUT2D eigenvalue weighted by Crippen LogP contribution is 2.20. The van der Waals surface area contributed by atoms with Crippen molar-refractivity contribution in [1.29, 1.82) is 0 Å². The molecule has 1 saturated heterocycles. The molecule has 0 aliphatic carbocycles. The number of ether oxygens (including phenoxy) is 1. The highest BCUT2D eigenvalue weighted by atomic mass is 32.1. The first kappa shape index (κ1) is 16.4. The van der Waals surface area contributed by atoms with Crippen LogP contribution in [0.3, 0.4) is 0 Å². The van der Waals surface area contributed by atoms with E-state index < -0.39 is 6.10 Å². The predicted octanol–water partition coefficient (Wildman–Crippen LogP) is 1.85. The summed E-state index contributed by atoms with van der Waals surface area (Å²) in [5, 5.41) is 10.5. The van der Waals surface area contributed by atoms with Crippen LogP contribution in [0.15, 0.2) is 24.3 Å². The second-order valence-electron chi connectivity index (χ2n) is 5.66. The van der Waals surface area contributed by atoms with Gasteiger partial charge in [0.1, 0.15) is 4.99 Å². The summed E-state index contributed by atoms with van der Waals surface area (Å²) in [5.41, 5.74) is 7.31. The molecule has 1 fully saturated rings. The lowest BCUT2D eigenvalue weighted by atomic mass is 10.0. The number of aliphatic hydroxyl groups is 1. The molecule has 0 radical (unpaired) electrons. The summed E-state index contributed by atoms with van der Waals surface area (Å²) in [7, 11) is 0. The van der Waals surface area contributed by atoms with Crippen molar-refractivity contribution in [2.75, 3.05) is 19.7 Å². The summed E-state index contributed by atoms with van der Waals surface area (Å²) in [5.74, 6) is 0. The van der Waals surface area contributed by atoms with Crippen LogP contribution in [0.1, 0.15) is 37.5 Å². The summed E-state index contributed by atoms with van der Waals surface area (Å²) in [4.78, 5) is 2.70. The Bertz CT molecular complexity index is 478. The Morgan fingerprint density at radius 3 is 2.71 bits per heavy atom. The number of hydrogen-bond acceptors (Lipinski definition) is 4. The average Bonchev–Trinajstić information content (AvgIpc) is 2.47. The molecule has 0 aromatic heterocycles. The number of hydrogen-bond donors (Lipinski definition) is 2. The highest BCUT2D eigenvalue weighted by Gasteiger charge is 2.27. The van der Waals surface area contributed by atoms with E-state index in [1.54, 1.807) is 0 Å². The van der Waals surface area contributed by atoms with Crippen molar-refractivity contribution >= 4 is 17.2 Å². The smallest absolute Gasteiger partial charge is 0.103 e. The zero-order valence-corrected chi connectivity index (χ0v) is 13.5. The monoisotopic (exact) mass is 308 g/mol. The SMILES string of the molecule is CCC1COC(C)CN1CC(O)c1ccc(C(N)=S)cc1. The van der Waals surface area contributed by atoms with Crippen molar-refractivity contribution in [3.8, 4) is 0 Å². The van der Waals surface area contributed by atoms with Gasteiger partial charge in [-0.05, 0) is 18.9 Å². The van der Waals surface area contributed by atoms with E-state index in [4.69, 9.17) is 22.7 Å². The van der Waals surface area contributed by atoms with E-state index in [1.165, 1.54) is 0 Å². The second-order valence-corrected chi connectivity index (χ2v) is 6.10. The molecule has 0 bridgehead atoms. The molecule has 3 atom stereocenters. The topological polar surface area (TPSA) is 58.7 Å². The van der Waals surface area contributed by atoms with E-state index >= 15 is 0 Å². The Balaban J connectivity index is 2.02. The third kappa shape index (κ3) is 4.23. The van der Waals surface area contributed by atoms with Gasteiger partial charge in [0.2, 0.25) is 0 Å². The van der Waals surface area contributed by atoms with Gasteiger partial charge in [-0.15, -0.1) is 0 Å². The van der Waals surface area contributed by atoms with Crippen molar-refractivity contribution in [3.05, 3.63) is 35.4 Å². The molecule has 1 aromatic rings. The number of rotatable bonds is 5. The molecule has 3 unspecified atom stereocenters. The maximum Gasteiger partial charge on any atom is 0.103 e. The number of thiocarbonyl (C=S) groups is 1. The van der Waals surface area contributed by atoms with Gasteiger partial charge in [-0.2, -0.15) is 0 Å². The van der Waals surface area contributed by atoms with Crippen LogP contribution >= 0.6 is 12.2 Å². The number of aliphatic hydroxyl groups excluding tert-OH is 1. The molecule has 5 heteroatoms. The average molecular weight is 308 g/mol. The first-order chi connectivity index (χ1) is 10.0. The van der Waals surface area contributed by atoms with Gasteiger partial charge >= 0.3 is 0 Å². The van der Waals surface area contributed by atoms with E-state index in [-0.39, 0.29) is 6.10 Å². The Hall–Kier alpha value is -1.01. The second kappa shape index (κ2) is 7.31. The minimum absolute atomic E-state index is 0.219. The predicted molar refractivity (Wildman–Crippen MR) is 88.4 cm³/mol. The van der Waals surface area contributed by atoms with Crippen molar-refractivity contribution in [2.45, 2.75) is 38.5 Å². The lowest BCUT2D eigenvalue weighted by molar-refractivity contribution is -0.0681. The van der Waals surface area contributed by atoms with Crippen LogP contribution in [0.2, 0.25) is 0 Å². The van der Waals surface area contributed by atoms with E-state index in [0.717, 1.165) is 30.7 Å². The summed E-state index contributed by atoms with van der Waals surface area (Å²) in [6.45, 7) is 6.45. The molecule has 2 rings (SSSR count). The third-order valence-corrected chi connectivity index (χ3v) is 4.28. The van der Waals surface area contributed by atoms with Crippen LogP contribution in [0.5, 0.6) is 0 Å². The van der Waals surface area contributed by atoms with Crippen LogP contribution in [-0.2, 0) is 4.74 Å². The van der Waals surface area contributed by atoms with Crippen LogP contribution in [0.25, 0.3) is 0 Å². The molecular weight excluding hydrogens is 284 g/mol. The van der Waals surface area contributed by atoms with E-state index in [1.807, 2.05) is 24.3 Å². The minimum atomic E-state index is -0.509. The first-order valence-electron chi connectivity index (χ1n) is 7.44. The van der Waals surface area contributed by atoms with Gasteiger partial charge < -0.3 is 15.6 Å². The van der Waals surface area contributed by atoms with Crippen LogP contribution in [-0.4, -0.2) is 46.8 Å². The van der Waals surface area contributed by atoms with Crippen LogP contribution < -0.4 is 5.73 Å². The Kier molecular flexibility index (Phi) is 5.70. The lowest BCUT2D eigenvalue weighted by Gasteiger charge is -2.39. The molecule has 1 heterocycles. The van der Waals surface area contributed by atoms with E-state index in [0.29, 0.717) is 17.6 Å². The molecule has 1 aliphatic heterocycles. The zero-order chi connectivity index (χ0) is 15.4. The first-order valence-corrected chi connectivity index (χ1v) is 7.85. The van der Waals surface area contributed by atoms with Gasteiger partial charge in [0.25, 0.3) is 0 Å². The summed E-state index contributed by atoms with van der Waals surface area (Å²) in [6.07, 6.45) is 0.738. The normalized spacial score (nSPS) is 24.7. The number of β-amino-alcohol motifs (C(OH)–C–C–N with tert-alkyl or cyclic N) is 1. The van der Waals surface area contributed by atoms with Gasteiger partial charge in [-0.1, -0.05) is 43.4 Å². The molecule has 116 valence electrons. The Labute approximate surface area is 131 Å².